The zero-order chi connectivity index (χ0) is 19.5. The molecule has 0 rings (SSSR count). The van der Waals surface area contributed by atoms with Crippen LogP contribution in [-0.4, -0.2) is 26.2 Å². The summed E-state index contributed by atoms with van der Waals surface area (Å²) in [4.78, 5) is 22.7. The van der Waals surface area contributed by atoms with Gasteiger partial charge in [0.15, 0.2) is 0 Å². The van der Waals surface area contributed by atoms with Gasteiger partial charge in [0, 0.05) is 20.1 Å². The smallest absolute Gasteiger partial charge is 0.267 e. The molecular weight excluding hydrogens is 353 g/mol. The van der Waals surface area contributed by atoms with E-state index in [1.807, 2.05) is 0 Å². The average Bonchev–Trinajstić information content (AvgIpc) is 2.62. The van der Waals surface area contributed by atoms with Gasteiger partial charge < -0.3 is 19.3 Å². The molecule has 0 aliphatic carbocycles. The van der Waals surface area contributed by atoms with Crippen molar-refractivity contribution in [2.45, 2.75) is 96.8 Å². The molecule has 156 valence electrons. The first-order valence-electron chi connectivity index (χ1n) is 10.3. The summed E-state index contributed by atoms with van der Waals surface area (Å²) < 4.78 is 19.8. The van der Waals surface area contributed by atoms with Gasteiger partial charge in [0.1, 0.15) is 0 Å². The van der Waals surface area contributed by atoms with Crippen LogP contribution >= 0.6 is 7.82 Å². The van der Waals surface area contributed by atoms with Gasteiger partial charge in [0.25, 0.3) is 7.82 Å². The highest BCUT2D eigenvalue weighted by molar-refractivity contribution is 7.45. The molecule has 0 saturated heterocycles. The zero-order valence-electron chi connectivity index (χ0n) is 16.8. The summed E-state index contributed by atoms with van der Waals surface area (Å²) in [5.74, 6) is 0.142. The molecule has 0 radical (unpaired) electrons. The molecule has 0 spiro atoms. The first-order valence-corrected chi connectivity index (χ1v) is 11.8. The van der Waals surface area contributed by atoms with E-state index in [1.165, 1.54) is 44.9 Å². The summed E-state index contributed by atoms with van der Waals surface area (Å²) in [6.07, 6.45) is 15.4. The van der Waals surface area contributed by atoms with Crippen molar-refractivity contribution < 1.29 is 23.3 Å². The fourth-order valence-corrected chi connectivity index (χ4v) is 3.18. The Morgan fingerprint density at radius 2 is 1.42 bits per heavy atom. The molecule has 6 nitrogen and oxygen atoms in total. The van der Waals surface area contributed by atoms with Gasteiger partial charge >= 0.3 is 0 Å². The van der Waals surface area contributed by atoms with Gasteiger partial charge in [-0.05, 0) is 19.3 Å². The molecule has 0 aliphatic heterocycles. The van der Waals surface area contributed by atoms with Gasteiger partial charge in [0.05, 0.1) is 6.61 Å². The van der Waals surface area contributed by atoms with Crippen molar-refractivity contribution >= 4 is 13.7 Å². The highest BCUT2D eigenvalue weighted by atomic mass is 31.2. The molecule has 0 aliphatic rings. The summed E-state index contributed by atoms with van der Waals surface area (Å²) in [7, 11) is -2.99. The van der Waals surface area contributed by atoms with Crippen molar-refractivity contribution in [3.8, 4) is 0 Å². The Hall–Kier alpha value is -0.420. The van der Waals surface area contributed by atoms with E-state index in [1.54, 1.807) is 0 Å². The first kappa shape index (κ1) is 25.6. The van der Waals surface area contributed by atoms with E-state index < -0.39 is 7.82 Å². The third kappa shape index (κ3) is 18.4. The van der Waals surface area contributed by atoms with Crippen LogP contribution in [0.3, 0.4) is 0 Å². The minimum Gasteiger partial charge on any atom is -0.756 e. The average molecular weight is 392 g/mol. The molecule has 26 heavy (non-hydrogen) atoms. The van der Waals surface area contributed by atoms with Crippen molar-refractivity contribution in [2.75, 3.05) is 20.3 Å². The summed E-state index contributed by atoms with van der Waals surface area (Å²) in [5.41, 5.74) is 0. The molecule has 0 aromatic rings. The van der Waals surface area contributed by atoms with Crippen molar-refractivity contribution in [1.82, 2.24) is 5.32 Å². The molecule has 0 saturated carbocycles. The molecule has 0 heterocycles. The Morgan fingerprint density at radius 3 is 2.04 bits per heavy atom. The van der Waals surface area contributed by atoms with E-state index in [-0.39, 0.29) is 12.5 Å². The topological polar surface area (TPSA) is 87.7 Å². The second-order valence-electron chi connectivity index (χ2n) is 6.81. The molecule has 0 aromatic carbocycles. The lowest BCUT2D eigenvalue weighted by Crippen LogP contribution is -2.23. The predicted molar refractivity (Wildman–Crippen MR) is 104 cm³/mol. The third-order valence-electron chi connectivity index (χ3n) is 4.37. The number of phosphoric acid groups is 1. The lowest BCUT2D eigenvalue weighted by molar-refractivity contribution is -0.223. The fourth-order valence-electron chi connectivity index (χ4n) is 2.72. The van der Waals surface area contributed by atoms with E-state index in [0.717, 1.165) is 39.2 Å². The summed E-state index contributed by atoms with van der Waals surface area (Å²) >= 11 is 0. The summed E-state index contributed by atoms with van der Waals surface area (Å²) in [5, 5.41) is 2.95. The Labute approximate surface area is 160 Å². The summed E-state index contributed by atoms with van der Waals surface area (Å²) in [6, 6.07) is 0. The molecule has 1 unspecified atom stereocenters. The normalized spacial score (nSPS) is 13.5. The molecule has 0 aromatic heterocycles. The zero-order valence-corrected chi connectivity index (χ0v) is 17.7. The molecule has 0 bridgehead atoms. The summed E-state index contributed by atoms with van der Waals surface area (Å²) in [6.45, 7) is 3.08. The number of hydrogen-bond acceptors (Lipinski definition) is 5. The number of carbonyl (C=O) groups is 1. The van der Waals surface area contributed by atoms with E-state index in [2.05, 4.69) is 21.3 Å². The van der Waals surface area contributed by atoms with Crippen LogP contribution in [0.2, 0.25) is 0 Å². The van der Waals surface area contributed by atoms with E-state index in [9.17, 15) is 14.3 Å². The maximum atomic E-state index is 11.7. The molecular formula is C19H39NO5P-. The third-order valence-corrected chi connectivity index (χ3v) is 5.32. The van der Waals surface area contributed by atoms with Gasteiger partial charge in [-0.3, -0.25) is 9.36 Å². The largest absolute Gasteiger partial charge is 0.756 e. The van der Waals surface area contributed by atoms with Crippen LogP contribution in [0, 0.1) is 0 Å². The quantitative estimate of drug-likeness (QED) is 0.254. The number of amides is 1. The maximum absolute atomic E-state index is 11.7. The number of hydrogen-bond donors (Lipinski definition) is 1. The van der Waals surface area contributed by atoms with Crippen LogP contribution in [0.5, 0.6) is 0 Å². The Bertz CT molecular complexity index is 379. The first-order chi connectivity index (χ1) is 12.5. The highest BCUT2D eigenvalue weighted by Crippen LogP contribution is 2.36. The van der Waals surface area contributed by atoms with Gasteiger partial charge in [-0.15, -0.1) is 0 Å². The standard InChI is InChI=1S/C19H40NO5P/c1-3-4-5-6-7-8-9-10-13-16-19(21)20-17-14-11-12-15-18-25-26(22,23)24-2/h3-18H2,1-2H3,(H,20,21)(H,22,23)/p-1. The molecule has 0 fully saturated rings. The predicted octanol–water partition coefficient (Wildman–Crippen LogP) is 4.72. The molecule has 7 heteroatoms. The van der Waals surface area contributed by atoms with Crippen molar-refractivity contribution in [3.05, 3.63) is 0 Å². The van der Waals surface area contributed by atoms with Gasteiger partial charge in [-0.2, -0.15) is 0 Å². The molecule has 1 atom stereocenters. The minimum atomic E-state index is -4.08. The molecule has 1 N–H and O–H groups in total. The monoisotopic (exact) mass is 392 g/mol. The fraction of sp³-hybridized carbons (Fsp3) is 0.947. The Kier molecular flexibility index (Phi) is 17.7. The van der Waals surface area contributed by atoms with Crippen LogP contribution in [0.25, 0.3) is 0 Å². The number of phosphoric ester groups is 1. The van der Waals surface area contributed by atoms with Crippen molar-refractivity contribution in [2.24, 2.45) is 0 Å². The Balaban J connectivity index is 3.26. The van der Waals surface area contributed by atoms with Crippen LogP contribution in [-0.2, 0) is 18.4 Å². The minimum absolute atomic E-state index is 0.142. The Morgan fingerprint density at radius 1 is 0.885 bits per heavy atom. The van der Waals surface area contributed by atoms with E-state index >= 15 is 0 Å². The van der Waals surface area contributed by atoms with Crippen molar-refractivity contribution in [3.63, 3.8) is 0 Å². The number of carbonyl (C=O) groups excluding carboxylic acids is 1. The second kappa shape index (κ2) is 18.0. The number of nitrogens with one attached hydrogen (secondary N) is 1. The van der Waals surface area contributed by atoms with Crippen LogP contribution in [0.1, 0.15) is 96.8 Å². The lowest BCUT2D eigenvalue weighted by Gasteiger charge is -2.19. The van der Waals surface area contributed by atoms with Gasteiger partial charge in [-0.25, -0.2) is 0 Å². The lowest BCUT2D eigenvalue weighted by atomic mass is 10.1. The van der Waals surface area contributed by atoms with Crippen LogP contribution in [0.4, 0.5) is 0 Å². The second-order valence-corrected chi connectivity index (χ2v) is 8.32. The number of rotatable bonds is 19. The van der Waals surface area contributed by atoms with E-state index in [4.69, 9.17) is 0 Å². The van der Waals surface area contributed by atoms with Gasteiger partial charge in [0.2, 0.25) is 5.91 Å². The van der Waals surface area contributed by atoms with Gasteiger partial charge in [-0.1, -0.05) is 71.1 Å². The van der Waals surface area contributed by atoms with Crippen LogP contribution < -0.4 is 10.2 Å². The van der Waals surface area contributed by atoms with Crippen molar-refractivity contribution in [1.29, 1.82) is 0 Å². The van der Waals surface area contributed by atoms with E-state index in [0.29, 0.717) is 19.4 Å². The molecule has 1 amide bonds. The van der Waals surface area contributed by atoms with Crippen LogP contribution in [0.15, 0.2) is 0 Å². The maximum Gasteiger partial charge on any atom is 0.267 e. The SMILES string of the molecule is CCCCCCCCCCCC(=O)NCCCCCCOP(=O)([O-])OC. The number of unbranched alkanes of at least 4 members (excludes halogenated alkanes) is 11. The highest BCUT2D eigenvalue weighted by Gasteiger charge is 2.05.